The third-order valence-electron chi connectivity index (χ3n) is 5.52. The Kier molecular flexibility index (Phi) is 5.68. The molecule has 0 bridgehead atoms. The largest absolute Gasteiger partial charge is 0.301 e. The Labute approximate surface area is 204 Å². The van der Waals surface area contributed by atoms with Crippen LogP contribution in [0.2, 0.25) is 0 Å². The molecule has 0 aliphatic carbocycles. The summed E-state index contributed by atoms with van der Waals surface area (Å²) in [4.78, 5) is 30.2. The van der Waals surface area contributed by atoms with E-state index in [1.54, 1.807) is 28.3 Å². The Morgan fingerprint density at radius 1 is 1.00 bits per heavy atom. The molecular weight excluding hydrogens is 486 g/mol. The fourth-order valence-electron chi connectivity index (χ4n) is 3.91. The Balaban J connectivity index is 1.63. The van der Waals surface area contributed by atoms with E-state index in [4.69, 9.17) is 0 Å². The first kappa shape index (κ1) is 22.5. The minimum absolute atomic E-state index is 0.0160. The highest BCUT2D eigenvalue weighted by molar-refractivity contribution is 7.93. The van der Waals surface area contributed by atoms with Crippen LogP contribution in [0.25, 0.3) is 16.8 Å². The number of nitriles is 1. The first-order chi connectivity index (χ1) is 16.9. The lowest BCUT2D eigenvalue weighted by Gasteiger charge is -2.18. The van der Waals surface area contributed by atoms with Crippen LogP contribution in [0.5, 0.6) is 0 Å². The molecule has 0 radical (unpaired) electrons. The van der Waals surface area contributed by atoms with Crippen molar-refractivity contribution in [2.75, 3.05) is 9.62 Å². The highest BCUT2D eigenvalue weighted by Gasteiger charge is 2.36. The molecule has 2 amide bonds. The van der Waals surface area contributed by atoms with E-state index in [-0.39, 0.29) is 34.2 Å². The highest BCUT2D eigenvalue weighted by Crippen LogP contribution is 2.37. The molecule has 5 rings (SSSR count). The number of nitrogens with zero attached hydrogens (tertiary/aromatic N) is 4. The number of carbonyl (C=O) groups excluding carboxylic acids is 2. The van der Waals surface area contributed by atoms with Gasteiger partial charge in [-0.1, -0.05) is 30.3 Å². The van der Waals surface area contributed by atoms with Crippen molar-refractivity contribution in [2.24, 2.45) is 0 Å². The van der Waals surface area contributed by atoms with E-state index < -0.39 is 21.8 Å². The van der Waals surface area contributed by atoms with Gasteiger partial charge in [-0.05, 0) is 29.8 Å². The van der Waals surface area contributed by atoms with Crippen LogP contribution in [0.15, 0.2) is 77.3 Å². The normalized spacial score (nSPS) is 13.7. The number of anilines is 2. The maximum atomic E-state index is 12.7. The molecule has 0 saturated carbocycles. The quantitative estimate of drug-likeness (QED) is 0.398. The van der Waals surface area contributed by atoms with Gasteiger partial charge in [0, 0.05) is 41.9 Å². The number of hydrogen-bond donors (Lipinski definition) is 1. The number of sulfonamides is 1. The summed E-state index contributed by atoms with van der Waals surface area (Å²) in [6, 6.07) is 17.3. The highest BCUT2D eigenvalue weighted by atomic mass is 32.2. The smallest absolute Gasteiger partial charge is 0.263 e. The van der Waals surface area contributed by atoms with Crippen molar-refractivity contribution >= 4 is 44.1 Å². The number of amides is 2. The minimum Gasteiger partial charge on any atom is -0.301 e. The summed E-state index contributed by atoms with van der Waals surface area (Å²) in [5.41, 5.74) is 1.97. The summed E-state index contributed by atoms with van der Waals surface area (Å²) in [5, 5.41) is 11.9. The summed E-state index contributed by atoms with van der Waals surface area (Å²) < 4.78 is 29.4. The minimum atomic E-state index is -3.86. The summed E-state index contributed by atoms with van der Waals surface area (Å²) in [6.07, 6.45) is 3.31. The van der Waals surface area contributed by atoms with Gasteiger partial charge in [0.1, 0.15) is 17.5 Å². The summed E-state index contributed by atoms with van der Waals surface area (Å²) in [5.74, 6) is -0.634. The van der Waals surface area contributed by atoms with Gasteiger partial charge in [-0.25, -0.2) is 18.3 Å². The number of thiazole rings is 1. The molecule has 11 heteroatoms. The third-order valence-corrected chi connectivity index (χ3v) is 7.69. The van der Waals surface area contributed by atoms with Crippen molar-refractivity contribution in [1.29, 1.82) is 5.26 Å². The Bertz CT molecular complexity index is 1550. The van der Waals surface area contributed by atoms with Gasteiger partial charge in [0.2, 0.25) is 11.8 Å². The fourth-order valence-corrected chi connectivity index (χ4v) is 5.69. The molecule has 0 atom stereocenters. The number of carbonyl (C=O) groups is 2. The van der Waals surface area contributed by atoms with Crippen LogP contribution in [0.3, 0.4) is 0 Å². The molecular formula is C24H17N5O4S2. The second-order valence-corrected chi connectivity index (χ2v) is 10.2. The molecule has 2 aromatic heterocycles. The van der Waals surface area contributed by atoms with Crippen LogP contribution in [0, 0.1) is 11.3 Å². The molecule has 35 heavy (non-hydrogen) atoms. The van der Waals surface area contributed by atoms with Gasteiger partial charge in [-0.15, -0.1) is 11.3 Å². The molecule has 4 aromatic rings. The van der Waals surface area contributed by atoms with E-state index in [0.29, 0.717) is 11.3 Å². The lowest BCUT2D eigenvalue weighted by atomic mass is 10.0. The van der Waals surface area contributed by atoms with Crippen LogP contribution in [0.4, 0.5) is 10.9 Å². The molecule has 1 saturated heterocycles. The summed E-state index contributed by atoms with van der Waals surface area (Å²) in [7, 11) is -3.86. The zero-order valence-electron chi connectivity index (χ0n) is 18.1. The van der Waals surface area contributed by atoms with E-state index >= 15 is 0 Å². The molecule has 174 valence electrons. The molecule has 2 aromatic carbocycles. The van der Waals surface area contributed by atoms with E-state index in [9.17, 15) is 23.3 Å². The zero-order valence-corrected chi connectivity index (χ0v) is 19.7. The van der Waals surface area contributed by atoms with Gasteiger partial charge in [0.25, 0.3) is 10.0 Å². The van der Waals surface area contributed by atoms with Crippen LogP contribution in [0.1, 0.15) is 18.4 Å². The third kappa shape index (κ3) is 4.09. The van der Waals surface area contributed by atoms with Gasteiger partial charge in [0.05, 0.1) is 4.90 Å². The van der Waals surface area contributed by atoms with Crippen molar-refractivity contribution in [3.63, 3.8) is 0 Å². The Hall–Kier alpha value is -4.27. The summed E-state index contributed by atoms with van der Waals surface area (Å²) >= 11 is 1.16. The maximum Gasteiger partial charge on any atom is 0.263 e. The molecule has 1 N–H and O–H groups in total. The second kappa shape index (κ2) is 8.83. The predicted octanol–water partition coefficient (Wildman–Crippen LogP) is 3.93. The number of hydrogen-bond acceptors (Lipinski definition) is 7. The lowest BCUT2D eigenvalue weighted by Crippen LogP contribution is -2.31. The lowest BCUT2D eigenvalue weighted by molar-refractivity contribution is -0.121. The number of benzene rings is 2. The standard InChI is InChI=1S/C24H17N5O4S2/c25-14-19-20(16-4-2-1-3-5-16)15-28(23(19)29-21(30)10-11-22(29)31)17-6-8-18(9-7-17)35(32,33)27-24-26-12-13-34-24/h1-9,12-13,15H,10-11H2,(H,26,27). The number of aromatic nitrogens is 2. The van der Waals surface area contributed by atoms with Crippen LogP contribution in [-0.2, 0) is 19.6 Å². The van der Waals surface area contributed by atoms with Gasteiger partial charge in [-0.2, -0.15) is 5.26 Å². The summed E-state index contributed by atoms with van der Waals surface area (Å²) in [6.45, 7) is 0. The number of nitrogens with one attached hydrogen (secondary N) is 1. The molecule has 0 unspecified atom stereocenters. The second-order valence-electron chi connectivity index (χ2n) is 7.65. The van der Waals surface area contributed by atoms with Crippen LogP contribution < -0.4 is 9.62 Å². The van der Waals surface area contributed by atoms with E-state index in [0.717, 1.165) is 21.8 Å². The van der Waals surface area contributed by atoms with E-state index in [2.05, 4.69) is 15.8 Å². The average molecular weight is 504 g/mol. The number of imide groups is 1. The SMILES string of the molecule is N#Cc1c(-c2ccccc2)cn(-c2ccc(S(=O)(=O)Nc3nccs3)cc2)c1N1C(=O)CCC1=O. The topological polar surface area (TPSA) is 125 Å². The predicted molar refractivity (Wildman–Crippen MR) is 131 cm³/mol. The van der Waals surface area contributed by atoms with Crippen molar-refractivity contribution in [3.8, 4) is 22.9 Å². The molecule has 0 spiro atoms. The van der Waals surface area contributed by atoms with E-state index in [1.807, 2.05) is 30.3 Å². The van der Waals surface area contributed by atoms with Gasteiger partial charge >= 0.3 is 0 Å². The zero-order chi connectivity index (χ0) is 24.6. The van der Waals surface area contributed by atoms with Crippen molar-refractivity contribution in [2.45, 2.75) is 17.7 Å². The Morgan fingerprint density at radius 3 is 2.29 bits per heavy atom. The molecule has 9 nitrogen and oxygen atoms in total. The van der Waals surface area contributed by atoms with Crippen molar-refractivity contribution in [3.05, 3.63) is 77.9 Å². The monoisotopic (exact) mass is 503 g/mol. The molecule has 1 aliphatic rings. The van der Waals surface area contributed by atoms with Crippen molar-refractivity contribution < 1.29 is 18.0 Å². The average Bonchev–Trinajstić information content (AvgIpc) is 3.58. The van der Waals surface area contributed by atoms with Gasteiger partial charge in [-0.3, -0.25) is 14.3 Å². The van der Waals surface area contributed by atoms with Crippen LogP contribution >= 0.6 is 11.3 Å². The molecule has 3 heterocycles. The van der Waals surface area contributed by atoms with Crippen molar-refractivity contribution in [1.82, 2.24) is 9.55 Å². The molecule has 1 aliphatic heterocycles. The maximum absolute atomic E-state index is 12.7. The van der Waals surface area contributed by atoms with Crippen LogP contribution in [-0.4, -0.2) is 29.8 Å². The number of rotatable bonds is 6. The van der Waals surface area contributed by atoms with E-state index in [1.165, 1.54) is 18.3 Å². The Morgan fingerprint density at radius 2 is 1.69 bits per heavy atom. The molecule has 1 fully saturated rings. The first-order valence-corrected chi connectivity index (χ1v) is 12.8. The fraction of sp³-hybridized carbons (Fsp3) is 0.0833. The van der Waals surface area contributed by atoms with Gasteiger partial charge in [0.15, 0.2) is 5.13 Å². The van der Waals surface area contributed by atoms with Gasteiger partial charge < -0.3 is 4.57 Å². The first-order valence-electron chi connectivity index (χ1n) is 10.5.